The van der Waals surface area contributed by atoms with E-state index in [4.69, 9.17) is 4.74 Å². The fraction of sp³-hybridized carbons (Fsp3) is 0.857. The van der Waals surface area contributed by atoms with Crippen molar-refractivity contribution < 1.29 is 14.3 Å². The lowest BCUT2D eigenvalue weighted by Gasteiger charge is -2.38. The van der Waals surface area contributed by atoms with Crippen molar-refractivity contribution in [3.05, 3.63) is 0 Å². The minimum atomic E-state index is -0.782. The number of carbonyl (C=O) groups excluding carboxylic acids is 2. The van der Waals surface area contributed by atoms with Gasteiger partial charge in [-0.15, -0.1) is 12.4 Å². The monoisotopic (exact) mass is 304 g/mol. The first-order valence-corrected chi connectivity index (χ1v) is 7.20. The Morgan fingerprint density at radius 3 is 2.30 bits per heavy atom. The number of ether oxygens (including phenoxy) is 1. The first kappa shape index (κ1) is 17.2. The fourth-order valence-electron chi connectivity index (χ4n) is 2.96. The quantitative estimate of drug-likeness (QED) is 0.767. The first-order valence-electron chi connectivity index (χ1n) is 7.20. The number of methoxy groups -OCH3 is 1. The highest BCUT2D eigenvalue weighted by molar-refractivity contribution is 5.89. The minimum absolute atomic E-state index is 0. The van der Waals surface area contributed by atoms with Crippen LogP contribution in [0, 0.1) is 11.8 Å². The highest BCUT2D eigenvalue weighted by Gasteiger charge is 2.43. The van der Waals surface area contributed by atoms with E-state index in [9.17, 15) is 9.59 Å². The zero-order valence-electron chi connectivity index (χ0n) is 12.2. The largest absolute Gasteiger partial charge is 0.467 e. The average Bonchev–Trinajstić information content (AvgIpc) is 2.36. The van der Waals surface area contributed by atoms with Crippen molar-refractivity contribution in [1.29, 1.82) is 0 Å². The van der Waals surface area contributed by atoms with Gasteiger partial charge in [-0.1, -0.05) is 26.2 Å². The maximum absolute atomic E-state index is 12.3. The Kier molecular flexibility index (Phi) is 6.27. The van der Waals surface area contributed by atoms with Crippen LogP contribution in [0.4, 0.5) is 0 Å². The van der Waals surface area contributed by atoms with Gasteiger partial charge in [0.15, 0.2) is 0 Å². The van der Waals surface area contributed by atoms with Crippen LogP contribution in [0.5, 0.6) is 0 Å². The molecule has 1 aliphatic heterocycles. The molecule has 2 rings (SSSR count). The summed E-state index contributed by atoms with van der Waals surface area (Å²) < 4.78 is 4.91. The number of esters is 1. The Labute approximate surface area is 126 Å². The summed E-state index contributed by atoms with van der Waals surface area (Å²) >= 11 is 0. The summed E-state index contributed by atoms with van der Waals surface area (Å²) in [6.07, 6.45) is 4.45. The third kappa shape index (κ3) is 3.44. The molecule has 6 heteroatoms. The van der Waals surface area contributed by atoms with Gasteiger partial charge in [0.05, 0.1) is 7.11 Å². The van der Waals surface area contributed by atoms with Crippen LogP contribution in [0.15, 0.2) is 0 Å². The molecule has 0 radical (unpaired) electrons. The van der Waals surface area contributed by atoms with Gasteiger partial charge in [0, 0.05) is 5.92 Å². The van der Waals surface area contributed by atoms with Crippen LogP contribution in [0.2, 0.25) is 0 Å². The van der Waals surface area contributed by atoms with E-state index < -0.39 is 5.54 Å². The van der Waals surface area contributed by atoms with Crippen LogP contribution in [0.25, 0.3) is 0 Å². The molecule has 2 N–H and O–H groups in total. The summed E-state index contributed by atoms with van der Waals surface area (Å²) in [7, 11) is 1.39. The number of rotatable bonds is 4. The zero-order valence-corrected chi connectivity index (χ0v) is 13.1. The van der Waals surface area contributed by atoms with Gasteiger partial charge in [-0.2, -0.15) is 0 Å². The molecule has 1 saturated carbocycles. The predicted molar refractivity (Wildman–Crippen MR) is 78.7 cm³/mol. The number of nitrogens with one attached hydrogen (secondary N) is 2. The molecule has 2 fully saturated rings. The Bertz CT molecular complexity index is 352. The van der Waals surface area contributed by atoms with E-state index in [1.807, 2.05) is 6.92 Å². The number of halogens is 1. The van der Waals surface area contributed by atoms with Gasteiger partial charge >= 0.3 is 5.97 Å². The van der Waals surface area contributed by atoms with Crippen molar-refractivity contribution in [2.75, 3.05) is 20.2 Å². The second-order valence-electron chi connectivity index (χ2n) is 5.83. The van der Waals surface area contributed by atoms with Crippen LogP contribution in [-0.4, -0.2) is 37.6 Å². The van der Waals surface area contributed by atoms with Crippen molar-refractivity contribution in [1.82, 2.24) is 10.6 Å². The maximum atomic E-state index is 12.3. The number of carbonyl (C=O) groups is 2. The topological polar surface area (TPSA) is 67.4 Å². The second kappa shape index (κ2) is 7.27. The lowest BCUT2D eigenvalue weighted by molar-refractivity contribution is -0.153. The molecule has 0 bridgehead atoms. The van der Waals surface area contributed by atoms with E-state index in [0.717, 1.165) is 32.4 Å². The third-order valence-corrected chi connectivity index (χ3v) is 4.58. The summed E-state index contributed by atoms with van der Waals surface area (Å²) in [5.74, 6) is 0.0290. The number of hydrogen-bond donors (Lipinski definition) is 2. The van der Waals surface area contributed by atoms with E-state index in [-0.39, 0.29) is 30.2 Å². The Hall–Kier alpha value is -0.810. The van der Waals surface area contributed by atoms with Crippen LogP contribution in [0.1, 0.15) is 39.0 Å². The van der Waals surface area contributed by atoms with Crippen LogP contribution >= 0.6 is 12.4 Å². The van der Waals surface area contributed by atoms with E-state index in [1.54, 1.807) is 0 Å². The second-order valence-corrected chi connectivity index (χ2v) is 5.83. The lowest BCUT2D eigenvalue weighted by Crippen LogP contribution is -2.59. The number of hydrogen-bond acceptors (Lipinski definition) is 4. The molecular weight excluding hydrogens is 280 g/mol. The summed E-state index contributed by atoms with van der Waals surface area (Å²) in [4.78, 5) is 24.4. The zero-order chi connectivity index (χ0) is 13.9. The van der Waals surface area contributed by atoms with Crippen molar-refractivity contribution in [2.45, 2.75) is 44.6 Å². The number of amides is 1. The summed E-state index contributed by atoms with van der Waals surface area (Å²) in [6, 6.07) is 0. The SMILES string of the molecule is COC(=O)C1(NC(=O)C(C)C2CNC2)CCCCC1.Cl. The Balaban J connectivity index is 0.00000200. The molecule has 1 unspecified atom stereocenters. The summed E-state index contributed by atoms with van der Waals surface area (Å²) in [5, 5.41) is 6.16. The van der Waals surface area contributed by atoms with Gasteiger partial charge < -0.3 is 15.4 Å². The standard InChI is InChI=1S/C14H24N2O3.ClH/c1-10(11-8-15-9-11)12(17)16-14(13(18)19-2)6-4-3-5-7-14;/h10-11,15H,3-9H2,1-2H3,(H,16,17);1H. The molecule has 5 nitrogen and oxygen atoms in total. The van der Waals surface area contributed by atoms with Gasteiger partial charge in [-0.25, -0.2) is 4.79 Å². The van der Waals surface area contributed by atoms with E-state index in [0.29, 0.717) is 18.8 Å². The summed E-state index contributed by atoms with van der Waals surface area (Å²) in [6.45, 7) is 3.72. The molecule has 0 aromatic heterocycles. The van der Waals surface area contributed by atoms with Crippen molar-refractivity contribution >= 4 is 24.3 Å². The molecule has 1 heterocycles. The molecule has 2 aliphatic rings. The molecule has 20 heavy (non-hydrogen) atoms. The molecule has 116 valence electrons. The first-order chi connectivity index (χ1) is 9.09. The molecule has 1 saturated heterocycles. The highest BCUT2D eigenvalue weighted by Crippen LogP contribution is 2.30. The molecule has 0 spiro atoms. The van der Waals surface area contributed by atoms with Crippen LogP contribution in [0.3, 0.4) is 0 Å². The van der Waals surface area contributed by atoms with Gasteiger partial charge in [-0.3, -0.25) is 4.79 Å². The normalized spacial score (nSPS) is 22.9. The molecule has 1 atom stereocenters. The van der Waals surface area contributed by atoms with Gasteiger partial charge in [0.1, 0.15) is 5.54 Å². The van der Waals surface area contributed by atoms with Crippen molar-refractivity contribution in [2.24, 2.45) is 11.8 Å². The average molecular weight is 305 g/mol. The molecular formula is C14H25ClN2O3. The fourth-order valence-corrected chi connectivity index (χ4v) is 2.96. The smallest absolute Gasteiger partial charge is 0.331 e. The van der Waals surface area contributed by atoms with E-state index in [1.165, 1.54) is 7.11 Å². The Morgan fingerprint density at radius 1 is 1.25 bits per heavy atom. The predicted octanol–water partition coefficient (Wildman–Crippen LogP) is 1.26. The third-order valence-electron chi connectivity index (χ3n) is 4.58. The molecule has 0 aromatic carbocycles. The molecule has 0 aromatic rings. The van der Waals surface area contributed by atoms with Crippen molar-refractivity contribution in [3.63, 3.8) is 0 Å². The molecule has 1 amide bonds. The van der Waals surface area contributed by atoms with Gasteiger partial charge in [-0.05, 0) is 31.8 Å². The minimum Gasteiger partial charge on any atom is -0.467 e. The van der Waals surface area contributed by atoms with Gasteiger partial charge in [0.2, 0.25) is 5.91 Å². The Morgan fingerprint density at radius 2 is 1.85 bits per heavy atom. The summed E-state index contributed by atoms with van der Waals surface area (Å²) in [5.41, 5.74) is -0.782. The van der Waals surface area contributed by atoms with E-state index in [2.05, 4.69) is 10.6 Å². The lowest BCUT2D eigenvalue weighted by atomic mass is 9.80. The van der Waals surface area contributed by atoms with Gasteiger partial charge in [0.25, 0.3) is 0 Å². The van der Waals surface area contributed by atoms with E-state index >= 15 is 0 Å². The van der Waals surface area contributed by atoms with Crippen LogP contribution < -0.4 is 10.6 Å². The van der Waals surface area contributed by atoms with Crippen LogP contribution in [-0.2, 0) is 14.3 Å². The van der Waals surface area contributed by atoms with Crippen molar-refractivity contribution in [3.8, 4) is 0 Å². The maximum Gasteiger partial charge on any atom is 0.331 e. The molecule has 1 aliphatic carbocycles. The highest BCUT2D eigenvalue weighted by atomic mass is 35.5.